The highest BCUT2D eigenvalue weighted by molar-refractivity contribution is 5.13. The lowest BCUT2D eigenvalue weighted by Crippen LogP contribution is -2.30. The summed E-state index contributed by atoms with van der Waals surface area (Å²) in [6, 6.07) is 10.0. The summed E-state index contributed by atoms with van der Waals surface area (Å²) < 4.78 is 5.47. The molecule has 0 spiro atoms. The molecule has 0 saturated heterocycles. The molecule has 1 unspecified atom stereocenters. The van der Waals surface area contributed by atoms with Crippen molar-refractivity contribution < 1.29 is 9.84 Å². The number of hydrogen-bond donors (Lipinski definition) is 2. The Bertz CT molecular complexity index is 290. The molecule has 0 fully saturated rings. The molecule has 1 atom stereocenters. The molecule has 0 aliphatic heterocycles. The first-order chi connectivity index (χ1) is 8.83. The number of ether oxygens (including phenoxy) is 1. The molecule has 1 aromatic carbocycles. The first-order valence-electron chi connectivity index (χ1n) is 6.83. The molecule has 0 heterocycles. The smallest absolute Gasteiger partial charge is 0.0897 e. The van der Waals surface area contributed by atoms with Gasteiger partial charge in [0.25, 0.3) is 0 Å². The van der Waals surface area contributed by atoms with Crippen LogP contribution < -0.4 is 5.32 Å². The molecule has 3 nitrogen and oxygen atoms in total. The fourth-order valence-electron chi connectivity index (χ4n) is 1.71. The summed E-state index contributed by atoms with van der Waals surface area (Å²) in [5, 5.41) is 12.9. The van der Waals surface area contributed by atoms with Crippen molar-refractivity contribution in [3.05, 3.63) is 35.9 Å². The molecular formula is C15H25NO2. The molecule has 0 radical (unpaired) electrons. The van der Waals surface area contributed by atoms with Crippen LogP contribution in [0.25, 0.3) is 0 Å². The fraction of sp³-hybridized carbons (Fsp3) is 0.600. The van der Waals surface area contributed by atoms with E-state index >= 15 is 0 Å². The van der Waals surface area contributed by atoms with Gasteiger partial charge in [-0.05, 0) is 18.5 Å². The maximum absolute atomic E-state index is 9.70. The molecule has 2 N–H and O–H groups in total. The van der Waals surface area contributed by atoms with Gasteiger partial charge in [0.05, 0.1) is 19.3 Å². The average Bonchev–Trinajstić information content (AvgIpc) is 2.40. The van der Waals surface area contributed by atoms with Crippen molar-refractivity contribution in [3.8, 4) is 0 Å². The van der Waals surface area contributed by atoms with E-state index in [4.69, 9.17) is 4.74 Å². The van der Waals surface area contributed by atoms with E-state index in [1.807, 2.05) is 30.3 Å². The molecule has 0 aliphatic carbocycles. The molecule has 1 aromatic rings. The number of rotatable bonds is 10. The third-order valence-corrected chi connectivity index (χ3v) is 2.76. The Morgan fingerprint density at radius 2 is 2.00 bits per heavy atom. The highest BCUT2D eigenvalue weighted by Gasteiger charge is 2.03. The highest BCUT2D eigenvalue weighted by atomic mass is 16.5. The average molecular weight is 251 g/mol. The number of aliphatic hydroxyl groups excluding tert-OH is 1. The minimum absolute atomic E-state index is 0.385. The zero-order valence-electron chi connectivity index (χ0n) is 11.3. The van der Waals surface area contributed by atoms with Crippen LogP contribution in [-0.2, 0) is 11.3 Å². The van der Waals surface area contributed by atoms with Gasteiger partial charge in [-0.25, -0.2) is 0 Å². The lowest BCUT2D eigenvalue weighted by Gasteiger charge is -2.12. The first-order valence-corrected chi connectivity index (χ1v) is 6.83. The van der Waals surface area contributed by atoms with E-state index in [0.29, 0.717) is 19.8 Å². The van der Waals surface area contributed by atoms with Crippen LogP contribution >= 0.6 is 0 Å². The molecule has 18 heavy (non-hydrogen) atoms. The van der Waals surface area contributed by atoms with Crippen molar-refractivity contribution >= 4 is 0 Å². The Morgan fingerprint density at radius 1 is 1.22 bits per heavy atom. The second kappa shape index (κ2) is 10.1. The van der Waals surface area contributed by atoms with Gasteiger partial charge in [-0.3, -0.25) is 0 Å². The molecule has 1 rings (SSSR count). The number of aliphatic hydroxyl groups is 1. The third kappa shape index (κ3) is 7.43. The summed E-state index contributed by atoms with van der Waals surface area (Å²) in [5.74, 6) is 0. The molecular weight excluding hydrogens is 226 g/mol. The standard InChI is InChI=1S/C15H25NO2/c1-2-3-7-10-16-11-15(17)13-18-12-14-8-5-4-6-9-14/h4-6,8-9,15-17H,2-3,7,10-13H2,1H3. The van der Waals surface area contributed by atoms with E-state index in [-0.39, 0.29) is 0 Å². The van der Waals surface area contributed by atoms with Crippen molar-refractivity contribution in [1.82, 2.24) is 5.32 Å². The van der Waals surface area contributed by atoms with Crippen molar-refractivity contribution in [1.29, 1.82) is 0 Å². The second-order valence-corrected chi connectivity index (χ2v) is 4.57. The Kier molecular flexibility index (Phi) is 8.47. The number of benzene rings is 1. The SMILES string of the molecule is CCCCCNCC(O)COCc1ccccc1. The molecule has 0 aromatic heterocycles. The van der Waals surface area contributed by atoms with Gasteiger partial charge in [0.2, 0.25) is 0 Å². The van der Waals surface area contributed by atoms with Crippen LogP contribution in [0.2, 0.25) is 0 Å². The molecule has 102 valence electrons. The molecule has 3 heteroatoms. The first kappa shape index (κ1) is 15.2. The van der Waals surface area contributed by atoms with E-state index in [1.165, 1.54) is 19.3 Å². The van der Waals surface area contributed by atoms with Crippen molar-refractivity contribution in [2.75, 3.05) is 19.7 Å². The number of unbranched alkanes of at least 4 members (excludes halogenated alkanes) is 2. The fourth-order valence-corrected chi connectivity index (χ4v) is 1.71. The predicted octanol–water partition coefficient (Wildman–Crippen LogP) is 2.34. The summed E-state index contributed by atoms with van der Waals surface area (Å²) in [6.07, 6.45) is 3.22. The van der Waals surface area contributed by atoms with Gasteiger partial charge in [0.1, 0.15) is 0 Å². The Balaban J connectivity index is 1.98. The van der Waals surface area contributed by atoms with Crippen molar-refractivity contribution in [2.24, 2.45) is 0 Å². The van der Waals surface area contributed by atoms with Crippen LogP contribution in [0.5, 0.6) is 0 Å². The van der Waals surface area contributed by atoms with E-state index in [2.05, 4.69) is 12.2 Å². The van der Waals surface area contributed by atoms with Gasteiger partial charge >= 0.3 is 0 Å². The van der Waals surface area contributed by atoms with E-state index in [9.17, 15) is 5.11 Å². The zero-order valence-corrected chi connectivity index (χ0v) is 11.3. The lowest BCUT2D eigenvalue weighted by molar-refractivity contribution is 0.0289. The molecule has 0 bridgehead atoms. The van der Waals surface area contributed by atoms with Crippen LogP contribution in [0.15, 0.2) is 30.3 Å². The Hall–Kier alpha value is -0.900. The topological polar surface area (TPSA) is 41.5 Å². The maximum atomic E-state index is 9.70. The van der Waals surface area contributed by atoms with Gasteiger partial charge in [-0.2, -0.15) is 0 Å². The van der Waals surface area contributed by atoms with Crippen LogP contribution in [0.4, 0.5) is 0 Å². The van der Waals surface area contributed by atoms with Gasteiger partial charge in [-0.1, -0.05) is 50.1 Å². The van der Waals surface area contributed by atoms with Gasteiger partial charge < -0.3 is 15.2 Å². The number of hydrogen-bond acceptors (Lipinski definition) is 3. The summed E-state index contributed by atoms with van der Waals surface area (Å²) in [5.41, 5.74) is 1.14. The van der Waals surface area contributed by atoms with Gasteiger partial charge in [0.15, 0.2) is 0 Å². The molecule has 0 amide bonds. The highest BCUT2D eigenvalue weighted by Crippen LogP contribution is 2.00. The van der Waals surface area contributed by atoms with Gasteiger partial charge in [0, 0.05) is 6.54 Å². The van der Waals surface area contributed by atoms with Crippen LogP contribution in [0, 0.1) is 0 Å². The Labute approximate surface area is 110 Å². The van der Waals surface area contributed by atoms with Crippen LogP contribution in [0.1, 0.15) is 31.7 Å². The monoisotopic (exact) mass is 251 g/mol. The van der Waals surface area contributed by atoms with Crippen molar-refractivity contribution in [3.63, 3.8) is 0 Å². The maximum Gasteiger partial charge on any atom is 0.0897 e. The van der Waals surface area contributed by atoms with Crippen molar-refractivity contribution in [2.45, 2.75) is 38.9 Å². The lowest BCUT2D eigenvalue weighted by atomic mass is 10.2. The van der Waals surface area contributed by atoms with E-state index in [0.717, 1.165) is 12.1 Å². The zero-order chi connectivity index (χ0) is 13.1. The van der Waals surface area contributed by atoms with Crippen LogP contribution in [-0.4, -0.2) is 30.9 Å². The summed E-state index contributed by atoms with van der Waals surface area (Å²) in [4.78, 5) is 0. The van der Waals surface area contributed by atoms with E-state index < -0.39 is 6.10 Å². The summed E-state index contributed by atoms with van der Waals surface area (Å²) in [7, 11) is 0. The largest absolute Gasteiger partial charge is 0.389 e. The minimum Gasteiger partial charge on any atom is -0.389 e. The predicted molar refractivity (Wildman–Crippen MR) is 74.5 cm³/mol. The summed E-state index contributed by atoms with van der Waals surface area (Å²) >= 11 is 0. The molecule has 0 saturated carbocycles. The van der Waals surface area contributed by atoms with Crippen LogP contribution in [0.3, 0.4) is 0 Å². The van der Waals surface area contributed by atoms with E-state index in [1.54, 1.807) is 0 Å². The minimum atomic E-state index is -0.421. The Morgan fingerprint density at radius 3 is 2.72 bits per heavy atom. The van der Waals surface area contributed by atoms with Gasteiger partial charge in [-0.15, -0.1) is 0 Å². The molecule has 0 aliphatic rings. The quantitative estimate of drug-likeness (QED) is 0.627. The number of nitrogens with one attached hydrogen (secondary N) is 1. The second-order valence-electron chi connectivity index (χ2n) is 4.57. The third-order valence-electron chi connectivity index (χ3n) is 2.76. The normalized spacial score (nSPS) is 12.6. The summed E-state index contributed by atoms with van der Waals surface area (Å²) in [6.45, 7) is 4.72.